The Morgan fingerprint density at radius 2 is 2.28 bits per heavy atom. The minimum atomic E-state index is -0.865. The van der Waals surface area contributed by atoms with Gasteiger partial charge in [0.1, 0.15) is 6.04 Å². The summed E-state index contributed by atoms with van der Waals surface area (Å²) in [5.74, 6) is 0.0620. The molecule has 1 aromatic rings. The molecule has 0 aliphatic heterocycles. The van der Waals surface area contributed by atoms with E-state index < -0.39 is 12.0 Å². The van der Waals surface area contributed by atoms with Crippen LogP contribution in [-0.4, -0.2) is 33.2 Å². The second-order valence-corrected chi connectivity index (χ2v) is 4.68. The van der Waals surface area contributed by atoms with Crippen LogP contribution in [0.4, 0.5) is 5.95 Å². The lowest BCUT2D eigenvalue weighted by molar-refractivity contribution is -0.138. The van der Waals surface area contributed by atoms with E-state index >= 15 is 0 Å². The summed E-state index contributed by atoms with van der Waals surface area (Å²) >= 11 is 0. The molecule has 1 atom stereocenters. The first-order chi connectivity index (χ1) is 8.56. The van der Waals surface area contributed by atoms with Crippen molar-refractivity contribution in [3.8, 4) is 5.88 Å². The second kappa shape index (κ2) is 5.20. The van der Waals surface area contributed by atoms with Gasteiger partial charge in [-0.1, -0.05) is 0 Å². The Kier molecular flexibility index (Phi) is 3.64. The zero-order valence-electron chi connectivity index (χ0n) is 10.5. The molecule has 2 N–H and O–H groups in total. The van der Waals surface area contributed by atoms with Gasteiger partial charge in [0.05, 0.1) is 6.10 Å². The summed E-state index contributed by atoms with van der Waals surface area (Å²) in [6.45, 7) is 3.80. The molecule has 0 amide bonds. The lowest BCUT2D eigenvalue weighted by atomic mass is 10.2. The number of carbonyl (C=O) groups is 1. The zero-order chi connectivity index (χ0) is 13.1. The van der Waals surface area contributed by atoms with E-state index in [0.29, 0.717) is 11.8 Å². The van der Waals surface area contributed by atoms with Crippen molar-refractivity contribution in [1.29, 1.82) is 0 Å². The van der Waals surface area contributed by atoms with Crippen LogP contribution in [0.5, 0.6) is 5.88 Å². The number of hydrogen-bond acceptors (Lipinski definition) is 5. The van der Waals surface area contributed by atoms with Gasteiger partial charge in [-0.15, -0.1) is 0 Å². The molecule has 0 spiro atoms. The van der Waals surface area contributed by atoms with Crippen LogP contribution in [0.3, 0.4) is 0 Å². The standard InChI is InChI=1S/C12H17N3O3/c1-7(2)18-9-5-6-13-12(14-9)15-10(11(16)17)8-3-4-8/h5-8,10H,3-4H2,1-2H3,(H,16,17)(H,13,14,15). The molecule has 98 valence electrons. The second-order valence-electron chi connectivity index (χ2n) is 4.68. The van der Waals surface area contributed by atoms with E-state index in [1.165, 1.54) is 0 Å². The van der Waals surface area contributed by atoms with Crippen LogP contribution in [0.25, 0.3) is 0 Å². The van der Waals surface area contributed by atoms with E-state index in [0.717, 1.165) is 12.8 Å². The third-order valence-electron chi connectivity index (χ3n) is 2.63. The smallest absolute Gasteiger partial charge is 0.326 e. The topological polar surface area (TPSA) is 84.3 Å². The first-order valence-corrected chi connectivity index (χ1v) is 6.05. The monoisotopic (exact) mass is 251 g/mol. The van der Waals surface area contributed by atoms with Gasteiger partial charge in [0.25, 0.3) is 0 Å². The van der Waals surface area contributed by atoms with Gasteiger partial charge in [0.15, 0.2) is 0 Å². The first kappa shape index (κ1) is 12.6. The van der Waals surface area contributed by atoms with E-state index in [4.69, 9.17) is 9.84 Å². The number of hydrogen-bond donors (Lipinski definition) is 2. The van der Waals surface area contributed by atoms with Gasteiger partial charge >= 0.3 is 5.97 Å². The number of nitrogens with one attached hydrogen (secondary N) is 1. The van der Waals surface area contributed by atoms with Gasteiger partial charge in [-0.25, -0.2) is 9.78 Å². The van der Waals surface area contributed by atoms with E-state index in [9.17, 15) is 4.79 Å². The maximum absolute atomic E-state index is 11.1. The van der Waals surface area contributed by atoms with Gasteiger partial charge in [-0.3, -0.25) is 0 Å². The molecule has 0 saturated heterocycles. The number of aromatic nitrogens is 2. The van der Waals surface area contributed by atoms with Gasteiger partial charge < -0.3 is 15.2 Å². The molecule has 1 fully saturated rings. The summed E-state index contributed by atoms with van der Waals surface area (Å²) in [4.78, 5) is 19.2. The molecule has 18 heavy (non-hydrogen) atoms. The summed E-state index contributed by atoms with van der Waals surface area (Å²) in [5.41, 5.74) is 0. The van der Waals surface area contributed by atoms with Crippen molar-refractivity contribution >= 4 is 11.9 Å². The van der Waals surface area contributed by atoms with Crippen LogP contribution in [0.15, 0.2) is 12.3 Å². The van der Waals surface area contributed by atoms with Gasteiger partial charge in [0, 0.05) is 12.3 Å². The van der Waals surface area contributed by atoms with Crippen molar-refractivity contribution in [3.63, 3.8) is 0 Å². The molecule has 1 aromatic heterocycles. The number of carboxylic acid groups (broad SMARTS) is 1. The Morgan fingerprint density at radius 3 is 2.83 bits per heavy atom. The molecule has 6 nitrogen and oxygen atoms in total. The van der Waals surface area contributed by atoms with Crippen molar-refractivity contribution in [2.75, 3.05) is 5.32 Å². The minimum absolute atomic E-state index is 0.0199. The quantitative estimate of drug-likeness (QED) is 0.797. The summed E-state index contributed by atoms with van der Waals surface area (Å²) < 4.78 is 5.43. The number of aliphatic carboxylic acids is 1. The maximum Gasteiger partial charge on any atom is 0.326 e. The molecule has 0 aromatic carbocycles. The van der Waals surface area contributed by atoms with Crippen molar-refractivity contribution in [2.45, 2.75) is 38.8 Å². The van der Waals surface area contributed by atoms with Crippen LogP contribution in [0, 0.1) is 5.92 Å². The third-order valence-corrected chi connectivity index (χ3v) is 2.63. The fourth-order valence-corrected chi connectivity index (χ4v) is 1.67. The summed E-state index contributed by atoms with van der Waals surface area (Å²) in [6, 6.07) is 1.04. The summed E-state index contributed by atoms with van der Waals surface area (Å²) in [7, 11) is 0. The Bertz CT molecular complexity index is 432. The molecule has 6 heteroatoms. The lowest BCUT2D eigenvalue weighted by Crippen LogP contribution is -2.32. The average molecular weight is 251 g/mol. The Morgan fingerprint density at radius 1 is 1.56 bits per heavy atom. The molecule has 0 radical (unpaired) electrons. The van der Waals surface area contributed by atoms with E-state index in [1.807, 2.05) is 13.8 Å². The van der Waals surface area contributed by atoms with Crippen LogP contribution in [0.1, 0.15) is 26.7 Å². The molecule has 1 aliphatic carbocycles. The van der Waals surface area contributed by atoms with Crippen molar-refractivity contribution in [2.24, 2.45) is 5.92 Å². The SMILES string of the molecule is CC(C)Oc1ccnc(NC(C(=O)O)C2CC2)n1. The van der Waals surface area contributed by atoms with Crippen LogP contribution < -0.4 is 10.1 Å². The normalized spacial score (nSPS) is 16.4. The first-order valence-electron chi connectivity index (χ1n) is 6.05. The molecule has 1 unspecified atom stereocenters. The fraction of sp³-hybridized carbons (Fsp3) is 0.583. The average Bonchev–Trinajstić information content (AvgIpc) is 3.09. The Labute approximate surface area is 105 Å². The number of nitrogens with zero attached hydrogens (tertiary/aromatic N) is 2. The van der Waals surface area contributed by atoms with Gasteiger partial charge in [-0.2, -0.15) is 4.98 Å². The molecule has 1 saturated carbocycles. The van der Waals surface area contributed by atoms with E-state index in [1.54, 1.807) is 12.3 Å². The lowest BCUT2D eigenvalue weighted by Gasteiger charge is -2.14. The fourth-order valence-electron chi connectivity index (χ4n) is 1.67. The Hall–Kier alpha value is -1.85. The highest BCUT2D eigenvalue weighted by atomic mass is 16.5. The zero-order valence-corrected chi connectivity index (χ0v) is 10.5. The molecule has 2 rings (SSSR count). The predicted octanol–water partition coefficient (Wildman–Crippen LogP) is 1.54. The third kappa shape index (κ3) is 3.32. The maximum atomic E-state index is 11.1. The van der Waals surface area contributed by atoms with Crippen molar-refractivity contribution < 1.29 is 14.6 Å². The van der Waals surface area contributed by atoms with Crippen LogP contribution >= 0.6 is 0 Å². The minimum Gasteiger partial charge on any atom is -0.480 e. The summed E-state index contributed by atoms with van der Waals surface area (Å²) in [5, 5.41) is 12.0. The highest BCUT2D eigenvalue weighted by Gasteiger charge is 2.36. The molecular weight excluding hydrogens is 234 g/mol. The van der Waals surface area contributed by atoms with E-state index in [2.05, 4.69) is 15.3 Å². The van der Waals surface area contributed by atoms with Gasteiger partial charge in [0.2, 0.25) is 11.8 Å². The largest absolute Gasteiger partial charge is 0.480 e. The van der Waals surface area contributed by atoms with Crippen molar-refractivity contribution in [1.82, 2.24) is 9.97 Å². The summed E-state index contributed by atoms with van der Waals surface area (Å²) in [6.07, 6.45) is 3.45. The number of anilines is 1. The molecular formula is C12H17N3O3. The van der Waals surface area contributed by atoms with E-state index in [-0.39, 0.29) is 12.0 Å². The molecule has 1 aliphatic rings. The van der Waals surface area contributed by atoms with Gasteiger partial charge in [-0.05, 0) is 32.6 Å². The molecule has 0 bridgehead atoms. The molecule has 1 heterocycles. The van der Waals surface area contributed by atoms with Crippen LogP contribution in [-0.2, 0) is 4.79 Å². The number of rotatable bonds is 6. The number of carboxylic acids is 1. The number of ether oxygens (including phenoxy) is 1. The highest BCUT2D eigenvalue weighted by molar-refractivity contribution is 5.77. The van der Waals surface area contributed by atoms with Crippen molar-refractivity contribution in [3.05, 3.63) is 12.3 Å². The van der Waals surface area contributed by atoms with Crippen LogP contribution in [0.2, 0.25) is 0 Å². The Balaban J connectivity index is 2.05. The predicted molar refractivity (Wildman–Crippen MR) is 65.6 cm³/mol. The highest BCUT2D eigenvalue weighted by Crippen LogP contribution is 2.34.